The first kappa shape index (κ1) is 18.8. The summed E-state index contributed by atoms with van der Waals surface area (Å²) in [6, 6.07) is 13.9. The lowest BCUT2D eigenvalue weighted by atomic mass is 10.1. The van der Waals surface area contributed by atoms with Crippen LogP contribution in [-0.2, 0) is 12.2 Å². The average molecular weight is 437 g/mol. The summed E-state index contributed by atoms with van der Waals surface area (Å²) in [7, 11) is 0. The molecule has 0 aliphatic carbocycles. The van der Waals surface area contributed by atoms with E-state index in [1.165, 1.54) is 16.6 Å². The predicted molar refractivity (Wildman–Crippen MR) is 113 cm³/mol. The van der Waals surface area contributed by atoms with Gasteiger partial charge >= 0.3 is 0 Å². The highest BCUT2D eigenvalue weighted by molar-refractivity contribution is 7.98. The number of hydrogen-bond donors (Lipinski definition) is 1. The smallest absolute Gasteiger partial charge is 0.253 e. The van der Waals surface area contributed by atoms with Gasteiger partial charge in [-0.15, -0.1) is 26.6 Å². The molecule has 4 heterocycles. The quantitative estimate of drug-likeness (QED) is 0.364. The Morgan fingerprint density at radius 2 is 2.00 bits per heavy atom. The molecule has 0 saturated heterocycles. The highest BCUT2D eigenvalue weighted by Crippen LogP contribution is 2.33. The normalized spacial score (nSPS) is 11.2. The van der Waals surface area contributed by atoms with Crippen molar-refractivity contribution in [3.63, 3.8) is 0 Å². The second-order valence-electron chi connectivity index (χ2n) is 6.44. The molecule has 1 aromatic carbocycles. The molecule has 0 spiro atoms. The minimum atomic E-state index is 0.386. The van der Waals surface area contributed by atoms with Crippen molar-refractivity contribution in [2.24, 2.45) is 0 Å². The van der Waals surface area contributed by atoms with Gasteiger partial charge in [-0.05, 0) is 18.4 Å². The predicted octanol–water partition coefficient (Wildman–Crippen LogP) is 4.76. The maximum absolute atomic E-state index is 5.88. The minimum absolute atomic E-state index is 0.386. The Balaban J connectivity index is 1.29. The average Bonchev–Trinajstić information content (AvgIpc) is 3.56. The van der Waals surface area contributed by atoms with E-state index >= 15 is 0 Å². The van der Waals surface area contributed by atoms with Crippen LogP contribution < -0.4 is 0 Å². The van der Waals surface area contributed by atoms with Gasteiger partial charge in [0.2, 0.25) is 11.0 Å². The van der Waals surface area contributed by atoms with Gasteiger partial charge in [0.05, 0.1) is 5.75 Å². The molecule has 0 aliphatic rings. The number of aryl methyl sites for hydroxylation is 1. The summed E-state index contributed by atoms with van der Waals surface area (Å²) in [6.45, 7) is 1.83. The summed E-state index contributed by atoms with van der Waals surface area (Å²) in [5.41, 5.74) is 2.32. The fraction of sp³-hybridized carbons (Fsp3) is 0.150. The third kappa shape index (κ3) is 3.91. The molecular weight excluding hydrogens is 420 g/mol. The SMILES string of the molecule is Cc1onc(-c2ccccc2)c1-c1nnc(CSc2n[nH]c(Cc3cccs3)n2)o1. The van der Waals surface area contributed by atoms with Crippen molar-refractivity contribution in [3.8, 4) is 22.7 Å². The number of nitrogens with one attached hydrogen (secondary N) is 1. The first-order valence-electron chi connectivity index (χ1n) is 9.17. The standard InChI is InChI=1S/C20H16N6O2S2/c1-12-17(18(26-28-12)13-6-3-2-4-7-13)19-24-23-16(27-19)11-30-20-21-15(22-25-20)10-14-8-5-9-29-14/h2-9H,10-11H2,1H3,(H,21,22,25). The van der Waals surface area contributed by atoms with Gasteiger partial charge in [0.1, 0.15) is 22.8 Å². The van der Waals surface area contributed by atoms with Crippen LogP contribution >= 0.6 is 23.1 Å². The van der Waals surface area contributed by atoms with E-state index in [2.05, 4.69) is 42.0 Å². The molecule has 10 heteroatoms. The zero-order valence-corrected chi connectivity index (χ0v) is 17.5. The molecule has 1 N–H and O–H groups in total. The van der Waals surface area contributed by atoms with Gasteiger partial charge in [0.15, 0.2) is 0 Å². The number of benzene rings is 1. The van der Waals surface area contributed by atoms with E-state index in [0.29, 0.717) is 39.7 Å². The van der Waals surface area contributed by atoms with Crippen LogP contribution in [0.4, 0.5) is 0 Å². The molecule has 150 valence electrons. The number of nitrogens with zero attached hydrogens (tertiary/aromatic N) is 5. The molecule has 8 nitrogen and oxygen atoms in total. The van der Waals surface area contributed by atoms with Crippen molar-refractivity contribution < 1.29 is 8.94 Å². The van der Waals surface area contributed by atoms with E-state index in [1.807, 2.05) is 43.3 Å². The molecule has 0 saturated carbocycles. The number of thiophene rings is 1. The van der Waals surface area contributed by atoms with Crippen molar-refractivity contribution in [1.29, 1.82) is 0 Å². The van der Waals surface area contributed by atoms with Crippen LogP contribution in [0.25, 0.3) is 22.7 Å². The van der Waals surface area contributed by atoms with Gasteiger partial charge in [-0.3, -0.25) is 5.10 Å². The zero-order chi connectivity index (χ0) is 20.3. The lowest BCUT2D eigenvalue weighted by molar-refractivity contribution is 0.399. The van der Waals surface area contributed by atoms with Crippen LogP contribution in [0.15, 0.2) is 61.9 Å². The van der Waals surface area contributed by atoms with Crippen LogP contribution in [0.5, 0.6) is 0 Å². The Kier molecular flexibility index (Phi) is 5.16. The molecule has 0 fully saturated rings. The molecular formula is C20H16N6O2S2. The fourth-order valence-electron chi connectivity index (χ4n) is 2.96. The van der Waals surface area contributed by atoms with Crippen LogP contribution in [0.1, 0.15) is 22.4 Å². The Bertz CT molecular complexity index is 1240. The van der Waals surface area contributed by atoms with Gasteiger partial charge in [-0.2, -0.15) is 0 Å². The van der Waals surface area contributed by atoms with Gasteiger partial charge in [0.25, 0.3) is 5.89 Å². The van der Waals surface area contributed by atoms with Crippen molar-refractivity contribution >= 4 is 23.1 Å². The van der Waals surface area contributed by atoms with Gasteiger partial charge < -0.3 is 8.94 Å². The number of rotatable bonds is 7. The molecule has 0 unspecified atom stereocenters. The van der Waals surface area contributed by atoms with E-state index in [9.17, 15) is 0 Å². The Morgan fingerprint density at radius 3 is 2.83 bits per heavy atom. The molecule has 0 aliphatic heterocycles. The second-order valence-corrected chi connectivity index (χ2v) is 8.41. The Morgan fingerprint density at radius 1 is 1.10 bits per heavy atom. The van der Waals surface area contributed by atoms with Gasteiger partial charge in [0, 0.05) is 16.9 Å². The monoisotopic (exact) mass is 436 g/mol. The second kappa shape index (κ2) is 8.25. The van der Waals surface area contributed by atoms with Crippen LogP contribution in [0, 0.1) is 6.92 Å². The molecule has 0 bridgehead atoms. The van der Waals surface area contributed by atoms with E-state index in [4.69, 9.17) is 8.94 Å². The van der Waals surface area contributed by atoms with Gasteiger partial charge in [-0.1, -0.05) is 53.3 Å². The maximum atomic E-state index is 5.88. The van der Waals surface area contributed by atoms with Gasteiger partial charge in [-0.25, -0.2) is 4.98 Å². The lowest BCUT2D eigenvalue weighted by Crippen LogP contribution is -1.87. The maximum Gasteiger partial charge on any atom is 0.253 e. The third-order valence-electron chi connectivity index (χ3n) is 4.35. The molecule has 5 rings (SSSR count). The molecule has 5 aromatic rings. The summed E-state index contributed by atoms with van der Waals surface area (Å²) in [4.78, 5) is 5.75. The summed E-state index contributed by atoms with van der Waals surface area (Å²) < 4.78 is 11.3. The molecule has 0 radical (unpaired) electrons. The van der Waals surface area contributed by atoms with Crippen molar-refractivity contribution in [1.82, 2.24) is 30.5 Å². The van der Waals surface area contributed by atoms with Crippen molar-refractivity contribution in [3.05, 3.63) is 70.2 Å². The van der Waals surface area contributed by atoms with E-state index in [0.717, 1.165) is 17.8 Å². The molecule has 0 amide bonds. The highest BCUT2D eigenvalue weighted by atomic mass is 32.2. The zero-order valence-electron chi connectivity index (χ0n) is 15.9. The molecule has 30 heavy (non-hydrogen) atoms. The minimum Gasteiger partial charge on any atom is -0.420 e. The first-order valence-corrected chi connectivity index (χ1v) is 11.0. The van der Waals surface area contributed by atoms with E-state index in [-0.39, 0.29) is 0 Å². The van der Waals surface area contributed by atoms with Crippen LogP contribution in [0.3, 0.4) is 0 Å². The number of H-pyrrole nitrogens is 1. The lowest BCUT2D eigenvalue weighted by Gasteiger charge is -1.98. The Hall–Kier alpha value is -3.24. The molecule has 4 aromatic heterocycles. The number of aromatic nitrogens is 6. The third-order valence-corrected chi connectivity index (χ3v) is 6.06. The van der Waals surface area contributed by atoms with Crippen LogP contribution in [-0.4, -0.2) is 30.5 Å². The van der Waals surface area contributed by atoms with Crippen molar-refractivity contribution in [2.45, 2.75) is 24.3 Å². The highest BCUT2D eigenvalue weighted by Gasteiger charge is 2.22. The topological polar surface area (TPSA) is 107 Å². The number of aromatic amines is 1. The summed E-state index contributed by atoms with van der Waals surface area (Å²) in [5.74, 6) is 2.80. The first-order chi connectivity index (χ1) is 14.8. The summed E-state index contributed by atoms with van der Waals surface area (Å²) in [6.07, 6.45) is 0.741. The summed E-state index contributed by atoms with van der Waals surface area (Å²) in [5, 5.41) is 22.5. The summed E-state index contributed by atoms with van der Waals surface area (Å²) >= 11 is 3.14. The number of thioether (sulfide) groups is 1. The van der Waals surface area contributed by atoms with Crippen molar-refractivity contribution in [2.75, 3.05) is 0 Å². The molecule has 0 atom stereocenters. The van der Waals surface area contributed by atoms with E-state index < -0.39 is 0 Å². The number of hydrogen-bond acceptors (Lipinski definition) is 9. The largest absolute Gasteiger partial charge is 0.420 e. The van der Waals surface area contributed by atoms with Crippen LogP contribution in [0.2, 0.25) is 0 Å². The Labute approximate surface area is 179 Å². The van der Waals surface area contributed by atoms with E-state index in [1.54, 1.807) is 11.3 Å². The fourth-order valence-corrected chi connectivity index (χ4v) is 4.32.